The van der Waals surface area contributed by atoms with Crippen molar-refractivity contribution >= 4 is 29.1 Å². The van der Waals surface area contributed by atoms with Crippen LogP contribution in [0.3, 0.4) is 0 Å². The Hall–Kier alpha value is -2.83. The third kappa shape index (κ3) is 3.68. The predicted molar refractivity (Wildman–Crippen MR) is 112 cm³/mol. The molecule has 30 heavy (non-hydrogen) atoms. The number of methoxy groups -OCH3 is 1. The molecule has 2 heterocycles. The molecule has 0 spiro atoms. The van der Waals surface area contributed by atoms with Gasteiger partial charge in [0.15, 0.2) is 0 Å². The first-order valence-corrected chi connectivity index (χ1v) is 10.2. The number of likely N-dealkylation sites (tertiary alicyclic amines) is 1. The zero-order chi connectivity index (χ0) is 21.3. The summed E-state index contributed by atoms with van der Waals surface area (Å²) in [6.45, 7) is 0.927. The lowest BCUT2D eigenvalue weighted by Gasteiger charge is -2.27. The van der Waals surface area contributed by atoms with Crippen LogP contribution in [0.5, 0.6) is 5.75 Å². The molecule has 2 aromatic rings. The maximum absolute atomic E-state index is 13.0. The van der Waals surface area contributed by atoms with Gasteiger partial charge in [-0.2, -0.15) is 0 Å². The number of hydrogen-bond acceptors (Lipinski definition) is 5. The van der Waals surface area contributed by atoms with Gasteiger partial charge in [-0.05, 0) is 36.6 Å². The first-order chi connectivity index (χ1) is 14.5. The molecule has 1 amide bonds. The van der Waals surface area contributed by atoms with Crippen LogP contribution in [0.4, 0.5) is 0 Å². The van der Waals surface area contributed by atoms with E-state index in [1.807, 2.05) is 30.3 Å². The summed E-state index contributed by atoms with van der Waals surface area (Å²) < 4.78 is 10.9. The van der Waals surface area contributed by atoms with Gasteiger partial charge in [0.1, 0.15) is 11.5 Å². The van der Waals surface area contributed by atoms with Crippen LogP contribution in [-0.4, -0.2) is 48.1 Å². The zero-order valence-corrected chi connectivity index (χ0v) is 17.3. The lowest BCUT2D eigenvalue weighted by Crippen LogP contribution is -2.36. The Balaban J connectivity index is 1.85. The van der Waals surface area contributed by atoms with Gasteiger partial charge in [-0.25, -0.2) is 0 Å². The summed E-state index contributed by atoms with van der Waals surface area (Å²) in [5, 5.41) is 11.4. The standard InChI is InChI=1S/C23H22ClNO5/c1-29-15-9-10-18(24)17(12-15)21(26)19-20(14-6-3-2-4-7-14)25(23(28)22(19)27)13-16-8-5-11-30-16/h2-4,6-7,9-10,12,16,20,26H,5,8,11,13H2,1H3/b21-19+. The van der Waals surface area contributed by atoms with Gasteiger partial charge < -0.3 is 19.5 Å². The number of ketones is 1. The molecule has 2 aromatic carbocycles. The van der Waals surface area contributed by atoms with Crippen molar-refractivity contribution < 1.29 is 24.2 Å². The van der Waals surface area contributed by atoms with Gasteiger partial charge in [0.25, 0.3) is 11.7 Å². The highest BCUT2D eigenvalue weighted by Gasteiger charge is 2.47. The Bertz CT molecular complexity index is 998. The molecule has 2 unspecified atom stereocenters. The minimum atomic E-state index is -0.738. The summed E-state index contributed by atoms with van der Waals surface area (Å²) >= 11 is 6.30. The molecule has 0 aliphatic carbocycles. The number of rotatable bonds is 5. The number of nitrogens with zero attached hydrogens (tertiary/aromatic N) is 1. The summed E-state index contributed by atoms with van der Waals surface area (Å²) in [7, 11) is 1.50. The average molecular weight is 428 g/mol. The van der Waals surface area contributed by atoms with E-state index in [1.54, 1.807) is 18.2 Å². The topological polar surface area (TPSA) is 76.1 Å². The quantitative estimate of drug-likeness (QED) is 0.444. The van der Waals surface area contributed by atoms with Gasteiger partial charge in [-0.15, -0.1) is 0 Å². The van der Waals surface area contributed by atoms with E-state index < -0.39 is 17.7 Å². The van der Waals surface area contributed by atoms with E-state index in [0.717, 1.165) is 18.4 Å². The molecule has 156 valence electrons. The van der Waals surface area contributed by atoms with Crippen LogP contribution in [0, 0.1) is 0 Å². The summed E-state index contributed by atoms with van der Waals surface area (Å²) in [5.41, 5.74) is 0.988. The van der Waals surface area contributed by atoms with Crippen LogP contribution >= 0.6 is 11.6 Å². The Morgan fingerprint density at radius 1 is 1.23 bits per heavy atom. The number of ether oxygens (including phenoxy) is 2. The SMILES string of the molecule is COc1ccc(Cl)c(/C(O)=C2\C(=O)C(=O)N(CC3CCCO3)C2c2ccccc2)c1. The summed E-state index contributed by atoms with van der Waals surface area (Å²) in [6.07, 6.45) is 1.62. The molecular weight excluding hydrogens is 406 g/mol. The van der Waals surface area contributed by atoms with Crippen molar-refractivity contribution in [1.82, 2.24) is 4.90 Å². The summed E-state index contributed by atoms with van der Waals surface area (Å²) in [4.78, 5) is 27.5. The van der Waals surface area contributed by atoms with Crippen molar-refractivity contribution in [2.45, 2.75) is 25.0 Å². The van der Waals surface area contributed by atoms with Crippen LogP contribution in [0.15, 0.2) is 54.1 Å². The van der Waals surface area contributed by atoms with E-state index >= 15 is 0 Å². The van der Waals surface area contributed by atoms with Gasteiger partial charge in [-0.3, -0.25) is 9.59 Å². The van der Waals surface area contributed by atoms with Crippen molar-refractivity contribution in [2.24, 2.45) is 0 Å². The second-order valence-electron chi connectivity index (χ2n) is 7.34. The van der Waals surface area contributed by atoms with Crippen LogP contribution in [0.25, 0.3) is 5.76 Å². The lowest BCUT2D eigenvalue weighted by atomic mass is 9.95. The lowest BCUT2D eigenvalue weighted by molar-refractivity contribution is -0.140. The Morgan fingerprint density at radius 3 is 2.67 bits per heavy atom. The monoisotopic (exact) mass is 427 g/mol. The zero-order valence-electron chi connectivity index (χ0n) is 16.5. The fraction of sp³-hybridized carbons (Fsp3) is 0.304. The summed E-state index contributed by atoms with van der Waals surface area (Å²) in [5.74, 6) is -1.23. The first-order valence-electron chi connectivity index (χ1n) is 9.80. The van der Waals surface area contributed by atoms with Gasteiger partial charge in [0, 0.05) is 18.7 Å². The van der Waals surface area contributed by atoms with Crippen LogP contribution in [0.2, 0.25) is 5.02 Å². The van der Waals surface area contributed by atoms with Crippen molar-refractivity contribution in [3.63, 3.8) is 0 Å². The molecule has 0 aromatic heterocycles. The third-order valence-corrected chi connectivity index (χ3v) is 5.84. The molecule has 2 fully saturated rings. The van der Waals surface area contributed by atoms with Gasteiger partial charge in [0.2, 0.25) is 0 Å². The number of aliphatic hydroxyl groups is 1. The van der Waals surface area contributed by atoms with E-state index in [1.165, 1.54) is 12.0 Å². The maximum atomic E-state index is 13.0. The van der Waals surface area contributed by atoms with E-state index in [4.69, 9.17) is 21.1 Å². The van der Waals surface area contributed by atoms with Gasteiger partial charge in [-0.1, -0.05) is 41.9 Å². The molecule has 4 rings (SSSR count). The van der Waals surface area contributed by atoms with Gasteiger partial charge in [0.05, 0.1) is 29.9 Å². The minimum Gasteiger partial charge on any atom is -0.507 e. The highest BCUT2D eigenvalue weighted by Crippen LogP contribution is 2.41. The number of benzene rings is 2. The van der Waals surface area contributed by atoms with Gasteiger partial charge >= 0.3 is 0 Å². The molecule has 6 nitrogen and oxygen atoms in total. The number of aliphatic hydroxyl groups excluding tert-OH is 1. The van der Waals surface area contributed by atoms with Crippen molar-refractivity contribution in [3.05, 3.63) is 70.3 Å². The fourth-order valence-electron chi connectivity index (χ4n) is 4.02. The molecule has 1 N–H and O–H groups in total. The molecule has 2 atom stereocenters. The maximum Gasteiger partial charge on any atom is 0.295 e. The highest BCUT2D eigenvalue weighted by atomic mass is 35.5. The number of amides is 1. The van der Waals surface area contributed by atoms with Crippen molar-refractivity contribution in [2.75, 3.05) is 20.3 Å². The van der Waals surface area contributed by atoms with E-state index in [0.29, 0.717) is 12.4 Å². The normalized spacial score (nSPS) is 23.2. The second kappa shape index (κ2) is 8.50. The molecule has 0 bridgehead atoms. The second-order valence-corrected chi connectivity index (χ2v) is 7.75. The van der Waals surface area contributed by atoms with E-state index in [-0.39, 0.29) is 34.6 Å². The number of carbonyl (C=O) groups is 2. The Labute approximate surface area is 179 Å². The predicted octanol–water partition coefficient (Wildman–Crippen LogP) is 3.95. The number of halogens is 1. The first kappa shape index (κ1) is 20.4. The highest BCUT2D eigenvalue weighted by molar-refractivity contribution is 6.47. The molecule has 0 radical (unpaired) electrons. The average Bonchev–Trinajstić information content (AvgIpc) is 3.36. The molecule has 7 heteroatoms. The van der Waals surface area contributed by atoms with E-state index in [2.05, 4.69) is 0 Å². The van der Waals surface area contributed by atoms with Crippen LogP contribution in [0.1, 0.15) is 30.0 Å². The number of hydrogen-bond donors (Lipinski definition) is 1. The molecule has 0 saturated carbocycles. The Kier molecular flexibility index (Phi) is 5.79. The molecule has 2 aliphatic rings. The molecule has 2 aliphatic heterocycles. The third-order valence-electron chi connectivity index (χ3n) is 5.51. The van der Waals surface area contributed by atoms with Crippen LogP contribution in [-0.2, 0) is 14.3 Å². The van der Waals surface area contributed by atoms with Crippen LogP contribution < -0.4 is 4.74 Å². The molecular formula is C23H22ClNO5. The summed E-state index contributed by atoms with van der Waals surface area (Å²) in [6, 6.07) is 13.2. The largest absolute Gasteiger partial charge is 0.507 e. The number of Topliss-reactive ketones (excluding diaryl/α,β-unsaturated/α-hetero) is 1. The minimum absolute atomic E-state index is 0.0133. The van der Waals surface area contributed by atoms with E-state index in [9.17, 15) is 14.7 Å². The van der Waals surface area contributed by atoms with Crippen molar-refractivity contribution in [1.29, 1.82) is 0 Å². The van der Waals surface area contributed by atoms with Crippen molar-refractivity contribution in [3.8, 4) is 5.75 Å². The number of carbonyl (C=O) groups excluding carboxylic acids is 2. The Morgan fingerprint density at radius 2 is 2.00 bits per heavy atom. The smallest absolute Gasteiger partial charge is 0.295 e. The fourth-order valence-corrected chi connectivity index (χ4v) is 4.22. The molecule has 2 saturated heterocycles.